The molecule has 1 fully saturated rings. The van der Waals surface area contributed by atoms with Crippen LogP contribution in [0.3, 0.4) is 0 Å². The summed E-state index contributed by atoms with van der Waals surface area (Å²) in [6.07, 6.45) is 1.99. The Bertz CT molecular complexity index is 447. The van der Waals surface area contributed by atoms with Gasteiger partial charge in [0.05, 0.1) is 10.7 Å². The Labute approximate surface area is 118 Å². The number of carbonyl (C=O) groups excluding carboxylic acids is 1. The Morgan fingerprint density at radius 3 is 2.89 bits per heavy atom. The van der Waals surface area contributed by atoms with Gasteiger partial charge in [0.2, 0.25) is 0 Å². The minimum atomic E-state index is 0.303. The van der Waals surface area contributed by atoms with E-state index >= 15 is 0 Å². The van der Waals surface area contributed by atoms with Gasteiger partial charge in [-0.25, -0.2) is 0 Å². The highest BCUT2D eigenvalue weighted by Gasteiger charge is 2.25. The monoisotopic (exact) mass is 283 g/mol. The Kier molecular flexibility index (Phi) is 4.23. The zero-order chi connectivity index (χ0) is 13.2. The maximum absolute atomic E-state index is 11.1. The van der Waals surface area contributed by atoms with Crippen molar-refractivity contribution in [2.45, 2.75) is 25.0 Å². The van der Waals surface area contributed by atoms with Gasteiger partial charge in [0.25, 0.3) is 0 Å². The summed E-state index contributed by atoms with van der Waals surface area (Å²) >= 11 is 8.24. The zero-order valence-electron chi connectivity index (χ0n) is 10.8. The third-order valence-electron chi connectivity index (χ3n) is 3.30. The molecule has 2 nitrogen and oxygen atoms in total. The summed E-state index contributed by atoms with van der Waals surface area (Å²) in [6, 6.07) is 5.51. The predicted octanol–water partition coefficient (Wildman–Crippen LogP) is 3.87. The number of carbonyl (C=O) groups is 1. The number of rotatable bonds is 2. The van der Waals surface area contributed by atoms with E-state index in [2.05, 4.69) is 18.7 Å². The summed E-state index contributed by atoms with van der Waals surface area (Å²) < 4.78 is 0.303. The van der Waals surface area contributed by atoms with E-state index in [9.17, 15) is 4.79 Å². The summed E-state index contributed by atoms with van der Waals surface area (Å²) in [6.45, 7) is 6.44. The van der Waals surface area contributed by atoms with Crippen LogP contribution in [0.5, 0.6) is 0 Å². The van der Waals surface area contributed by atoms with Gasteiger partial charge in [0.1, 0.15) is 0 Å². The molecule has 0 amide bonds. The Hall–Kier alpha value is -0.670. The molecule has 98 valence electrons. The van der Waals surface area contributed by atoms with Crippen molar-refractivity contribution < 1.29 is 4.79 Å². The molecule has 18 heavy (non-hydrogen) atoms. The second-order valence-corrected chi connectivity index (χ2v) is 7.35. The molecule has 0 N–H and O–H groups in total. The van der Waals surface area contributed by atoms with Gasteiger partial charge in [-0.05, 0) is 18.6 Å². The van der Waals surface area contributed by atoms with E-state index in [1.807, 2.05) is 30.0 Å². The number of hydrogen-bond donors (Lipinski definition) is 0. The normalized spacial score (nSPS) is 19.4. The van der Waals surface area contributed by atoms with Crippen LogP contribution in [0.4, 0.5) is 5.69 Å². The number of hydrogen-bond acceptors (Lipinski definition) is 3. The molecule has 0 bridgehead atoms. The number of benzene rings is 1. The Morgan fingerprint density at radius 1 is 1.39 bits per heavy atom. The predicted molar refractivity (Wildman–Crippen MR) is 80.2 cm³/mol. The highest BCUT2D eigenvalue weighted by Crippen LogP contribution is 2.35. The smallest absolute Gasteiger partial charge is 0.152 e. The molecule has 0 atom stereocenters. The molecule has 0 aliphatic carbocycles. The van der Waals surface area contributed by atoms with Crippen LogP contribution < -0.4 is 4.90 Å². The number of para-hydroxylation sites is 1. The first-order valence-electron chi connectivity index (χ1n) is 6.16. The number of aldehydes is 1. The van der Waals surface area contributed by atoms with Crippen molar-refractivity contribution in [1.82, 2.24) is 0 Å². The molecule has 1 aromatic rings. The van der Waals surface area contributed by atoms with Crippen molar-refractivity contribution in [2.75, 3.05) is 23.7 Å². The fourth-order valence-corrected chi connectivity index (χ4v) is 3.61. The van der Waals surface area contributed by atoms with Gasteiger partial charge in [-0.3, -0.25) is 4.79 Å². The molecule has 1 aromatic carbocycles. The van der Waals surface area contributed by atoms with Gasteiger partial charge in [0.15, 0.2) is 6.29 Å². The average molecular weight is 284 g/mol. The summed E-state index contributed by atoms with van der Waals surface area (Å²) in [5.74, 6) is 1.07. The molecule has 0 radical (unpaired) electrons. The molecular weight excluding hydrogens is 266 g/mol. The second kappa shape index (κ2) is 5.54. The van der Waals surface area contributed by atoms with Crippen LogP contribution in [-0.2, 0) is 0 Å². The van der Waals surface area contributed by atoms with E-state index < -0.39 is 0 Å². The van der Waals surface area contributed by atoms with Crippen molar-refractivity contribution in [3.05, 3.63) is 28.8 Å². The highest BCUT2D eigenvalue weighted by atomic mass is 35.5. The third-order valence-corrected chi connectivity index (χ3v) is 4.98. The first-order valence-corrected chi connectivity index (χ1v) is 7.52. The maximum Gasteiger partial charge on any atom is 0.152 e. The van der Waals surface area contributed by atoms with Gasteiger partial charge in [-0.2, -0.15) is 11.8 Å². The van der Waals surface area contributed by atoms with E-state index in [1.165, 1.54) is 0 Å². The highest BCUT2D eigenvalue weighted by molar-refractivity contribution is 8.00. The lowest BCUT2D eigenvalue weighted by molar-refractivity contribution is 0.112. The molecule has 1 saturated heterocycles. The van der Waals surface area contributed by atoms with E-state index in [-0.39, 0.29) is 0 Å². The minimum absolute atomic E-state index is 0.303. The van der Waals surface area contributed by atoms with Crippen LogP contribution in [0.1, 0.15) is 30.6 Å². The second-order valence-electron chi connectivity index (χ2n) is 5.14. The van der Waals surface area contributed by atoms with Crippen LogP contribution in [-0.4, -0.2) is 29.9 Å². The van der Waals surface area contributed by atoms with Crippen molar-refractivity contribution in [3.8, 4) is 0 Å². The zero-order valence-corrected chi connectivity index (χ0v) is 12.4. The van der Waals surface area contributed by atoms with Crippen LogP contribution in [0.15, 0.2) is 18.2 Å². The molecule has 1 aliphatic rings. The summed E-state index contributed by atoms with van der Waals surface area (Å²) in [5, 5.41) is 0.671. The standard InChI is InChI=1S/C14H18ClNOS/c1-14(2)6-7-16(8-9-18-14)13-11(10-17)4-3-5-12(13)15/h3-5,10H,6-9H2,1-2H3. The average Bonchev–Trinajstić information content (AvgIpc) is 2.50. The number of nitrogens with zero attached hydrogens (tertiary/aromatic N) is 1. The van der Waals surface area contributed by atoms with Gasteiger partial charge < -0.3 is 4.90 Å². The third kappa shape index (κ3) is 3.01. The van der Waals surface area contributed by atoms with Crippen LogP contribution in [0, 0.1) is 0 Å². The van der Waals surface area contributed by atoms with Crippen LogP contribution in [0.25, 0.3) is 0 Å². The Balaban J connectivity index is 2.29. The molecule has 1 heterocycles. The maximum atomic E-state index is 11.1. The van der Waals surface area contributed by atoms with E-state index in [1.54, 1.807) is 0 Å². The van der Waals surface area contributed by atoms with Gasteiger partial charge in [-0.15, -0.1) is 0 Å². The lowest BCUT2D eigenvalue weighted by Gasteiger charge is -2.26. The van der Waals surface area contributed by atoms with E-state index in [0.717, 1.165) is 37.2 Å². The van der Waals surface area contributed by atoms with Crippen molar-refractivity contribution in [3.63, 3.8) is 0 Å². The molecule has 0 aromatic heterocycles. The lowest BCUT2D eigenvalue weighted by atomic mass is 10.1. The van der Waals surface area contributed by atoms with E-state index in [0.29, 0.717) is 15.3 Å². The fraction of sp³-hybridized carbons (Fsp3) is 0.500. The van der Waals surface area contributed by atoms with Crippen LogP contribution in [0.2, 0.25) is 5.02 Å². The molecule has 1 aliphatic heterocycles. The number of anilines is 1. The lowest BCUT2D eigenvalue weighted by Crippen LogP contribution is -2.28. The van der Waals surface area contributed by atoms with Gasteiger partial charge in [-0.1, -0.05) is 31.5 Å². The summed E-state index contributed by atoms with van der Waals surface area (Å²) in [5.41, 5.74) is 1.58. The van der Waals surface area contributed by atoms with Crippen molar-refractivity contribution in [1.29, 1.82) is 0 Å². The van der Waals surface area contributed by atoms with E-state index in [4.69, 9.17) is 11.6 Å². The topological polar surface area (TPSA) is 20.3 Å². The number of halogens is 1. The molecule has 0 spiro atoms. The van der Waals surface area contributed by atoms with Crippen molar-refractivity contribution in [2.24, 2.45) is 0 Å². The fourth-order valence-electron chi connectivity index (χ4n) is 2.20. The molecule has 0 unspecified atom stereocenters. The SMILES string of the molecule is CC1(C)CCN(c2c(Cl)cccc2C=O)CCS1. The largest absolute Gasteiger partial charge is 0.369 e. The number of thioether (sulfide) groups is 1. The minimum Gasteiger partial charge on any atom is -0.369 e. The quantitative estimate of drug-likeness (QED) is 0.769. The molecule has 2 rings (SSSR count). The first-order chi connectivity index (χ1) is 8.53. The summed E-state index contributed by atoms with van der Waals surface area (Å²) in [7, 11) is 0. The summed E-state index contributed by atoms with van der Waals surface area (Å²) in [4.78, 5) is 13.4. The molecule has 4 heteroatoms. The molecular formula is C14H18ClNOS. The van der Waals surface area contributed by atoms with Crippen LogP contribution >= 0.6 is 23.4 Å². The van der Waals surface area contributed by atoms with Gasteiger partial charge >= 0.3 is 0 Å². The Morgan fingerprint density at radius 2 is 2.17 bits per heavy atom. The van der Waals surface area contributed by atoms with Crippen molar-refractivity contribution >= 4 is 35.3 Å². The van der Waals surface area contributed by atoms with Gasteiger partial charge in [0, 0.05) is 29.2 Å². The first kappa shape index (κ1) is 13.8. The molecule has 0 saturated carbocycles.